The van der Waals surface area contributed by atoms with E-state index in [0.717, 1.165) is 17.2 Å². The van der Waals surface area contributed by atoms with Gasteiger partial charge in [-0.15, -0.1) is 0 Å². The zero-order chi connectivity index (χ0) is 11.5. The predicted octanol–water partition coefficient (Wildman–Crippen LogP) is 1.39. The van der Waals surface area contributed by atoms with E-state index in [2.05, 4.69) is 28.5 Å². The molecule has 0 spiro atoms. The highest BCUT2D eigenvalue weighted by Gasteiger charge is 2.14. The molecule has 17 heavy (non-hydrogen) atoms. The Hall–Kier alpha value is -1.13. The number of rotatable bonds is 4. The molecule has 0 aliphatic carbocycles. The summed E-state index contributed by atoms with van der Waals surface area (Å²) < 4.78 is 1.27. The minimum atomic E-state index is 1.04. The molecule has 0 unspecified atom stereocenters. The quantitative estimate of drug-likeness (QED) is 0.856. The van der Waals surface area contributed by atoms with E-state index in [1.54, 1.807) is 16.2 Å². The molecular weight excluding hydrogens is 230 g/mol. The van der Waals surface area contributed by atoms with Crippen molar-refractivity contribution in [2.24, 2.45) is 0 Å². The van der Waals surface area contributed by atoms with Crippen LogP contribution in [-0.2, 0) is 0 Å². The van der Waals surface area contributed by atoms with E-state index in [1.807, 2.05) is 6.07 Å². The average Bonchev–Trinajstić information content (AvgIpc) is 2.96. The second-order valence-electron chi connectivity index (χ2n) is 4.62. The number of likely N-dealkylation sites (tertiary alicyclic amines) is 1. The van der Waals surface area contributed by atoms with Gasteiger partial charge in [-0.2, -0.15) is 0 Å². The van der Waals surface area contributed by atoms with Crippen molar-refractivity contribution >= 4 is 26.7 Å². The Kier molecular flexibility index (Phi) is 3.25. The third-order valence-electron chi connectivity index (χ3n) is 3.36. The van der Waals surface area contributed by atoms with Gasteiger partial charge in [0.1, 0.15) is 0 Å². The van der Waals surface area contributed by atoms with Crippen LogP contribution in [0, 0.1) is 0 Å². The molecule has 0 atom stereocenters. The standard InChI is InChI=1S/C13H17N3S/c1-2-6-12-11(5-1)15-13(17-12)14-7-10-16-8-3-4-9-16/h1-2,5-6H,3-4,7-10H2,(H,14,15)/p+1. The third-order valence-corrected chi connectivity index (χ3v) is 4.35. The number of nitrogens with zero attached hydrogens (tertiary/aromatic N) is 1. The van der Waals surface area contributed by atoms with E-state index >= 15 is 0 Å². The maximum absolute atomic E-state index is 4.57. The molecule has 1 aliphatic heterocycles. The minimum Gasteiger partial charge on any atom is -0.356 e. The number of nitrogens with one attached hydrogen (secondary N) is 2. The number of hydrogen-bond donors (Lipinski definition) is 2. The maximum Gasteiger partial charge on any atom is 0.183 e. The average molecular weight is 248 g/mol. The van der Waals surface area contributed by atoms with Gasteiger partial charge in [0.15, 0.2) is 5.13 Å². The lowest BCUT2D eigenvalue weighted by molar-refractivity contribution is -0.885. The van der Waals surface area contributed by atoms with Gasteiger partial charge in [-0.25, -0.2) is 4.98 Å². The summed E-state index contributed by atoms with van der Waals surface area (Å²) in [5, 5.41) is 4.51. The van der Waals surface area contributed by atoms with Crippen molar-refractivity contribution in [2.75, 3.05) is 31.5 Å². The number of hydrogen-bond acceptors (Lipinski definition) is 3. The van der Waals surface area contributed by atoms with Crippen molar-refractivity contribution < 1.29 is 4.90 Å². The van der Waals surface area contributed by atoms with E-state index < -0.39 is 0 Å². The first-order valence-corrected chi connectivity index (χ1v) is 7.16. The molecule has 1 aliphatic rings. The lowest BCUT2D eigenvalue weighted by atomic mass is 10.3. The SMILES string of the molecule is c1ccc2sc(NCC[NH+]3CCCC3)nc2c1. The molecule has 2 aromatic rings. The van der Waals surface area contributed by atoms with E-state index in [9.17, 15) is 0 Å². The van der Waals surface area contributed by atoms with Crippen LogP contribution in [0.25, 0.3) is 10.2 Å². The number of thiazole rings is 1. The van der Waals surface area contributed by atoms with Gasteiger partial charge in [-0.3, -0.25) is 0 Å². The summed E-state index contributed by atoms with van der Waals surface area (Å²) in [7, 11) is 0. The summed E-state index contributed by atoms with van der Waals surface area (Å²) in [4.78, 5) is 6.31. The van der Waals surface area contributed by atoms with Crippen molar-refractivity contribution in [1.82, 2.24) is 4.98 Å². The maximum atomic E-state index is 4.57. The van der Waals surface area contributed by atoms with E-state index in [0.29, 0.717) is 0 Å². The van der Waals surface area contributed by atoms with Crippen LogP contribution in [0.5, 0.6) is 0 Å². The smallest absolute Gasteiger partial charge is 0.183 e. The Morgan fingerprint density at radius 2 is 2.06 bits per heavy atom. The molecule has 0 bridgehead atoms. The van der Waals surface area contributed by atoms with Crippen LogP contribution >= 0.6 is 11.3 Å². The molecular formula is C13H18N3S+. The Bertz CT molecular complexity index is 455. The van der Waals surface area contributed by atoms with Crippen LogP contribution in [0.4, 0.5) is 5.13 Å². The fraction of sp³-hybridized carbons (Fsp3) is 0.462. The van der Waals surface area contributed by atoms with Crippen LogP contribution in [-0.4, -0.2) is 31.2 Å². The van der Waals surface area contributed by atoms with E-state index in [-0.39, 0.29) is 0 Å². The minimum absolute atomic E-state index is 1.04. The highest BCUT2D eigenvalue weighted by atomic mass is 32.1. The molecule has 1 aromatic carbocycles. The fourth-order valence-electron chi connectivity index (χ4n) is 2.42. The molecule has 1 fully saturated rings. The summed E-state index contributed by atoms with van der Waals surface area (Å²) in [6.07, 6.45) is 2.80. The topological polar surface area (TPSA) is 29.4 Å². The van der Waals surface area contributed by atoms with Gasteiger partial charge >= 0.3 is 0 Å². The van der Waals surface area contributed by atoms with Crippen LogP contribution in [0.3, 0.4) is 0 Å². The summed E-state index contributed by atoms with van der Waals surface area (Å²) >= 11 is 1.75. The second kappa shape index (κ2) is 5.02. The van der Waals surface area contributed by atoms with Gasteiger partial charge in [0, 0.05) is 12.8 Å². The largest absolute Gasteiger partial charge is 0.356 e. The first kappa shape index (κ1) is 11.0. The van der Waals surface area contributed by atoms with Crippen molar-refractivity contribution in [2.45, 2.75) is 12.8 Å². The summed E-state index contributed by atoms with van der Waals surface area (Å²) in [5.74, 6) is 0. The lowest BCUT2D eigenvalue weighted by Gasteiger charge is -2.11. The molecule has 1 saturated heterocycles. The molecule has 1 aromatic heterocycles. The Morgan fingerprint density at radius 1 is 1.24 bits per heavy atom. The lowest BCUT2D eigenvalue weighted by Crippen LogP contribution is -3.10. The van der Waals surface area contributed by atoms with Crippen molar-refractivity contribution in [3.05, 3.63) is 24.3 Å². The Labute approximate surface area is 105 Å². The number of aromatic nitrogens is 1. The number of para-hydroxylation sites is 1. The Balaban J connectivity index is 1.57. The predicted molar refractivity (Wildman–Crippen MR) is 72.9 cm³/mol. The first-order chi connectivity index (χ1) is 8.42. The second-order valence-corrected chi connectivity index (χ2v) is 5.65. The van der Waals surface area contributed by atoms with Gasteiger partial charge in [-0.1, -0.05) is 23.5 Å². The third kappa shape index (κ3) is 2.58. The highest BCUT2D eigenvalue weighted by molar-refractivity contribution is 7.22. The van der Waals surface area contributed by atoms with Crippen LogP contribution < -0.4 is 10.2 Å². The summed E-state index contributed by atoms with van der Waals surface area (Å²) in [6.45, 7) is 4.95. The van der Waals surface area contributed by atoms with Gasteiger partial charge in [0.05, 0.1) is 36.4 Å². The molecule has 90 valence electrons. The number of benzene rings is 1. The zero-order valence-electron chi connectivity index (χ0n) is 9.91. The molecule has 0 radical (unpaired) electrons. The monoisotopic (exact) mass is 248 g/mol. The van der Waals surface area contributed by atoms with Crippen molar-refractivity contribution in [1.29, 1.82) is 0 Å². The molecule has 3 rings (SSSR count). The van der Waals surface area contributed by atoms with Gasteiger partial charge in [0.2, 0.25) is 0 Å². The molecule has 0 amide bonds. The summed E-state index contributed by atoms with van der Waals surface area (Å²) in [5.41, 5.74) is 1.11. The number of quaternary nitrogens is 1. The molecule has 4 heteroatoms. The molecule has 0 saturated carbocycles. The van der Waals surface area contributed by atoms with E-state index in [4.69, 9.17) is 0 Å². The number of anilines is 1. The van der Waals surface area contributed by atoms with Crippen molar-refractivity contribution in [3.8, 4) is 0 Å². The van der Waals surface area contributed by atoms with Gasteiger partial charge < -0.3 is 10.2 Å². The van der Waals surface area contributed by atoms with Gasteiger partial charge in [0.25, 0.3) is 0 Å². The van der Waals surface area contributed by atoms with Crippen LogP contribution in [0.15, 0.2) is 24.3 Å². The van der Waals surface area contributed by atoms with Crippen LogP contribution in [0.2, 0.25) is 0 Å². The summed E-state index contributed by atoms with van der Waals surface area (Å²) in [6, 6.07) is 8.31. The Morgan fingerprint density at radius 3 is 2.88 bits per heavy atom. The number of fused-ring (bicyclic) bond motifs is 1. The van der Waals surface area contributed by atoms with Crippen LogP contribution in [0.1, 0.15) is 12.8 Å². The van der Waals surface area contributed by atoms with Crippen molar-refractivity contribution in [3.63, 3.8) is 0 Å². The fourth-order valence-corrected chi connectivity index (χ4v) is 3.31. The van der Waals surface area contributed by atoms with E-state index in [1.165, 1.54) is 37.2 Å². The van der Waals surface area contributed by atoms with Gasteiger partial charge in [-0.05, 0) is 12.1 Å². The molecule has 3 nitrogen and oxygen atoms in total. The first-order valence-electron chi connectivity index (χ1n) is 6.35. The zero-order valence-corrected chi connectivity index (χ0v) is 10.7. The molecule has 2 heterocycles. The molecule has 2 N–H and O–H groups in total. The normalized spacial score (nSPS) is 16.7. The highest BCUT2D eigenvalue weighted by Crippen LogP contribution is 2.24.